The summed E-state index contributed by atoms with van der Waals surface area (Å²) in [5.41, 5.74) is 4.29. The van der Waals surface area contributed by atoms with E-state index in [1.54, 1.807) is 0 Å². The summed E-state index contributed by atoms with van der Waals surface area (Å²) >= 11 is 0. The molecule has 2 aromatic rings. The molecule has 21 heavy (non-hydrogen) atoms. The van der Waals surface area contributed by atoms with Crippen molar-refractivity contribution >= 4 is 5.69 Å². The van der Waals surface area contributed by atoms with Crippen LogP contribution in [0.3, 0.4) is 0 Å². The largest absolute Gasteiger partial charge is 0.494 e. The molecule has 0 spiro atoms. The van der Waals surface area contributed by atoms with Crippen LogP contribution in [0.1, 0.15) is 36.6 Å². The number of hydrogen-bond acceptors (Lipinski definition) is 3. The Hall–Kier alpha value is -2.00. The lowest BCUT2D eigenvalue weighted by Crippen LogP contribution is -2.07. The lowest BCUT2D eigenvalue weighted by atomic mass is 10.1. The first kappa shape index (κ1) is 15.4. The Bertz CT molecular complexity index is 596. The standard InChI is InChI=1S/C18H23NO2/c1-4-21-18-9-8-17(11-16(18)12-20)19-14(3)15-7-5-6-13(2)10-15/h5-11,14,19-20H,4,12H2,1-3H3. The van der Waals surface area contributed by atoms with Gasteiger partial charge in [0.15, 0.2) is 0 Å². The lowest BCUT2D eigenvalue weighted by Gasteiger charge is -2.18. The van der Waals surface area contributed by atoms with E-state index in [-0.39, 0.29) is 12.6 Å². The van der Waals surface area contributed by atoms with Gasteiger partial charge in [0.1, 0.15) is 5.75 Å². The highest BCUT2D eigenvalue weighted by atomic mass is 16.5. The monoisotopic (exact) mass is 285 g/mol. The molecule has 0 heterocycles. The van der Waals surface area contributed by atoms with Crippen LogP contribution in [-0.2, 0) is 6.61 Å². The van der Waals surface area contributed by atoms with Crippen molar-refractivity contribution in [3.8, 4) is 5.75 Å². The van der Waals surface area contributed by atoms with Crippen LogP contribution in [-0.4, -0.2) is 11.7 Å². The Labute approximate surface area is 126 Å². The summed E-state index contributed by atoms with van der Waals surface area (Å²) in [4.78, 5) is 0. The van der Waals surface area contributed by atoms with E-state index in [2.05, 4.69) is 43.4 Å². The zero-order chi connectivity index (χ0) is 15.2. The quantitative estimate of drug-likeness (QED) is 0.841. The highest BCUT2D eigenvalue weighted by Crippen LogP contribution is 2.26. The normalized spacial score (nSPS) is 12.0. The molecule has 0 aliphatic rings. The number of aryl methyl sites for hydroxylation is 1. The molecule has 0 bridgehead atoms. The van der Waals surface area contributed by atoms with Gasteiger partial charge in [0, 0.05) is 17.3 Å². The number of anilines is 1. The number of hydrogen-bond donors (Lipinski definition) is 2. The number of ether oxygens (including phenoxy) is 1. The van der Waals surface area contributed by atoms with Gasteiger partial charge in [-0.15, -0.1) is 0 Å². The Morgan fingerprint density at radius 1 is 1.19 bits per heavy atom. The van der Waals surface area contributed by atoms with Crippen molar-refractivity contribution in [2.24, 2.45) is 0 Å². The minimum absolute atomic E-state index is 0.0241. The van der Waals surface area contributed by atoms with Crippen LogP contribution in [0.4, 0.5) is 5.69 Å². The van der Waals surface area contributed by atoms with Crippen molar-refractivity contribution in [2.75, 3.05) is 11.9 Å². The predicted molar refractivity (Wildman–Crippen MR) is 86.8 cm³/mol. The SMILES string of the molecule is CCOc1ccc(NC(C)c2cccc(C)c2)cc1CO. The third-order valence-corrected chi connectivity index (χ3v) is 3.46. The maximum Gasteiger partial charge on any atom is 0.124 e. The van der Waals surface area contributed by atoms with Crippen LogP contribution in [0.25, 0.3) is 0 Å². The predicted octanol–water partition coefficient (Wildman–Crippen LogP) is 4.06. The van der Waals surface area contributed by atoms with E-state index in [4.69, 9.17) is 4.74 Å². The first-order chi connectivity index (χ1) is 10.1. The average Bonchev–Trinajstić information content (AvgIpc) is 2.49. The first-order valence-corrected chi connectivity index (χ1v) is 7.33. The number of aliphatic hydroxyl groups is 1. The second kappa shape index (κ2) is 7.14. The molecule has 0 aliphatic heterocycles. The van der Waals surface area contributed by atoms with Gasteiger partial charge in [-0.1, -0.05) is 29.8 Å². The van der Waals surface area contributed by atoms with E-state index in [0.717, 1.165) is 17.0 Å². The van der Waals surface area contributed by atoms with Crippen molar-refractivity contribution in [1.29, 1.82) is 0 Å². The van der Waals surface area contributed by atoms with E-state index in [1.807, 2.05) is 25.1 Å². The topological polar surface area (TPSA) is 41.5 Å². The van der Waals surface area contributed by atoms with Crippen LogP contribution in [0.5, 0.6) is 5.75 Å². The molecule has 0 saturated carbocycles. The number of rotatable bonds is 6. The fourth-order valence-electron chi connectivity index (χ4n) is 2.36. The lowest BCUT2D eigenvalue weighted by molar-refractivity contribution is 0.267. The van der Waals surface area contributed by atoms with Crippen molar-refractivity contribution in [3.05, 3.63) is 59.2 Å². The maximum absolute atomic E-state index is 9.45. The molecule has 2 aromatic carbocycles. The van der Waals surface area contributed by atoms with Gasteiger partial charge in [0.25, 0.3) is 0 Å². The van der Waals surface area contributed by atoms with Crippen LogP contribution in [0.15, 0.2) is 42.5 Å². The van der Waals surface area contributed by atoms with Gasteiger partial charge in [-0.25, -0.2) is 0 Å². The van der Waals surface area contributed by atoms with Gasteiger partial charge in [0.05, 0.1) is 13.2 Å². The van der Waals surface area contributed by atoms with Crippen LogP contribution >= 0.6 is 0 Å². The highest BCUT2D eigenvalue weighted by Gasteiger charge is 2.08. The first-order valence-electron chi connectivity index (χ1n) is 7.33. The van der Waals surface area contributed by atoms with Crippen molar-refractivity contribution in [1.82, 2.24) is 0 Å². The van der Waals surface area contributed by atoms with Crippen molar-refractivity contribution in [2.45, 2.75) is 33.4 Å². The third kappa shape index (κ3) is 3.99. The Morgan fingerprint density at radius 2 is 2.00 bits per heavy atom. The van der Waals surface area contributed by atoms with Gasteiger partial charge >= 0.3 is 0 Å². The van der Waals surface area contributed by atoms with Crippen molar-refractivity contribution in [3.63, 3.8) is 0 Å². The van der Waals surface area contributed by atoms with Crippen LogP contribution < -0.4 is 10.1 Å². The van der Waals surface area contributed by atoms with E-state index >= 15 is 0 Å². The zero-order valence-corrected chi connectivity index (χ0v) is 12.9. The molecule has 3 heteroatoms. The minimum Gasteiger partial charge on any atom is -0.494 e. The maximum atomic E-state index is 9.45. The molecule has 1 atom stereocenters. The molecule has 0 radical (unpaired) electrons. The molecule has 0 saturated heterocycles. The molecule has 2 N–H and O–H groups in total. The van der Waals surface area contributed by atoms with Gasteiger partial charge in [-0.2, -0.15) is 0 Å². The third-order valence-electron chi connectivity index (χ3n) is 3.46. The summed E-state index contributed by atoms with van der Waals surface area (Å²) in [7, 11) is 0. The molecule has 0 aromatic heterocycles. The molecule has 112 valence electrons. The summed E-state index contributed by atoms with van der Waals surface area (Å²) in [6, 6.07) is 14.5. The van der Waals surface area contributed by atoms with Crippen LogP contribution in [0.2, 0.25) is 0 Å². The second-order valence-corrected chi connectivity index (χ2v) is 5.19. The van der Waals surface area contributed by atoms with E-state index in [0.29, 0.717) is 6.61 Å². The minimum atomic E-state index is -0.0241. The number of nitrogens with one attached hydrogen (secondary N) is 1. The summed E-state index contributed by atoms with van der Waals surface area (Å²) in [5.74, 6) is 0.744. The summed E-state index contributed by atoms with van der Waals surface area (Å²) in [5, 5.41) is 12.9. The fraction of sp³-hybridized carbons (Fsp3) is 0.333. The summed E-state index contributed by atoms with van der Waals surface area (Å²) in [6.45, 7) is 6.73. The molecule has 2 rings (SSSR count). The zero-order valence-electron chi connectivity index (χ0n) is 12.9. The molecular weight excluding hydrogens is 262 g/mol. The highest BCUT2D eigenvalue weighted by molar-refractivity contribution is 5.52. The van der Waals surface area contributed by atoms with Gasteiger partial charge < -0.3 is 15.2 Å². The summed E-state index contributed by atoms with van der Waals surface area (Å²) in [6.07, 6.45) is 0. The molecular formula is C18H23NO2. The molecule has 0 fully saturated rings. The van der Waals surface area contributed by atoms with E-state index in [9.17, 15) is 5.11 Å². The number of aliphatic hydroxyl groups excluding tert-OH is 1. The van der Waals surface area contributed by atoms with Crippen LogP contribution in [0, 0.1) is 6.92 Å². The smallest absolute Gasteiger partial charge is 0.124 e. The van der Waals surface area contributed by atoms with Gasteiger partial charge in [-0.3, -0.25) is 0 Å². The van der Waals surface area contributed by atoms with Gasteiger partial charge in [-0.05, 0) is 44.5 Å². The fourth-order valence-corrected chi connectivity index (χ4v) is 2.36. The van der Waals surface area contributed by atoms with Crippen molar-refractivity contribution < 1.29 is 9.84 Å². The Kier molecular flexibility index (Phi) is 5.23. The molecule has 1 unspecified atom stereocenters. The second-order valence-electron chi connectivity index (χ2n) is 5.19. The average molecular weight is 285 g/mol. The summed E-state index contributed by atoms with van der Waals surface area (Å²) < 4.78 is 5.50. The Morgan fingerprint density at radius 3 is 2.67 bits per heavy atom. The van der Waals surface area contributed by atoms with E-state index < -0.39 is 0 Å². The molecule has 0 amide bonds. The van der Waals surface area contributed by atoms with E-state index in [1.165, 1.54) is 11.1 Å². The molecule has 3 nitrogen and oxygen atoms in total. The molecule has 0 aliphatic carbocycles. The van der Waals surface area contributed by atoms with Gasteiger partial charge in [0.2, 0.25) is 0 Å². The number of benzene rings is 2. The Balaban J connectivity index is 2.15.